The second-order valence-corrected chi connectivity index (χ2v) is 11.4. The zero-order chi connectivity index (χ0) is 25.0. The Bertz CT molecular complexity index is 1210. The minimum atomic E-state index is -3.83. The summed E-state index contributed by atoms with van der Waals surface area (Å²) in [5.41, 5.74) is 1.15. The fraction of sp³-hybridized carbons (Fsp3) is 0.333. The standard InChI is InChI=1S/C27H28O7S2/c1-36(28,29)34-25-24(30-17-19-11-5-2-6-12-19)23-22(32-27(25)35-21-15-9-4-10-16-21)18-31-26(33-23)20-13-7-3-8-14-20/h2-16,22-27H,17-18H2,1H3/t22-,23-,24+,25-,26?,27+/m1/s1. The third kappa shape index (κ3) is 6.36. The van der Waals surface area contributed by atoms with Crippen molar-refractivity contribution in [2.75, 3.05) is 12.9 Å². The van der Waals surface area contributed by atoms with Gasteiger partial charge in [-0.2, -0.15) is 8.42 Å². The maximum atomic E-state index is 12.4. The number of hydrogen-bond donors (Lipinski definition) is 0. The third-order valence-corrected chi connectivity index (χ3v) is 7.65. The molecule has 2 aliphatic rings. The molecule has 36 heavy (non-hydrogen) atoms. The molecule has 2 aliphatic heterocycles. The van der Waals surface area contributed by atoms with Crippen molar-refractivity contribution in [2.45, 2.75) is 47.6 Å². The van der Waals surface area contributed by atoms with E-state index >= 15 is 0 Å². The molecule has 3 aromatic rings. The van der Waals surface area contributed by atoms with E-state index in [9.17, 15) is 8.42 Å². The van der Waals surface area contributed by atoms with Gasteiger partial charge in [0.25, 0.3) is 10.1 Å². The molecule has 0 spiro atoms. The topological polar surface area (TPSA) is 80.3 Å². The molecular weight excluding hydrogens is 500 g/mol. The van der Waals surface area contributed by atoms with Crippen molar-refractivity contribution in [3.8, 4) is 0 Å². The van der Waals surface area contributed by atoms with E-state index in [1.165, 1.54) is 11.8 Å². The molecule has 2 heterocycles. The summed E-state index contributed by atoms with van der Waals surface area (Å²) in [5, 5.41) is 0. The van der Waals surface area contributed by atoms with Gasteiger partial charge in [0.2, 0.25) is 0 Å². The Hall–Kier alpha value is -2.24. The highest BCUT2D eigenvalue weighted by atomic mass is 32.2. The van der Waals surface area contributed by atoms with Crippen LogP contribution in [0, 0.1) is 0 Å². The molecule has 0 amide bonds. The van der Waals surface area contributed by atoms with Gasteiger partial charge < -0.3 is 18.9 Å². The lowest BCUT2D eigenvalue weighted by Gasteiger charge is -2.48. The summed E-state index contributed by atoms with van der Waals surface area (Å²) in [7, 11) is -3.83. The summed E-state index contributed by atoms with van der Waals surface area (Å²) in [6.07, 6.45) is -2.33. The molecule has 2 saturated heterocycles. The van der Waals surface area contributed by atoms with Crippen molar-refractivity contribution >= 4 is 21.9 Å². The van der Waals surface area contributed by atoms with Crippen molar-refractivity contribution in [2.24, 2.45) is 0 Å². The van der Waals surface area contributed by atoms with Gasteiger partial charge in [-0.1, -0.05) is 90.6 Å². The van der Waals surface area contributed by atoms with Gasteiger partial charge in [0.15, 0.2) is 6.29 Å². The zero-order valence-electron chi connectivity index (χ0n) is 19.7. The van der Waals surface area contributed by atoms with E-state index in [4.69, 9.17) is 23.1 Å². The molecule has 0 aromatic heterocycles. The van der Waals surface area contributed by atoms with E-state index in [0.29, 0.717) is 0 Å². The molecule has 7 nitrogen and oxygen atoms in total. The lowest BCUT2D eigenvalue weighted by atomic mass is 9.98. The molecule has 0 bridgehead atoms. The first-order chi connectivity index (χ1) is 17.5. The fourth-order valence-electron chi connectivity index (χ4n) is 4.32. The number of benzene rings is 3. The molecule has 0 saturated carbocycles. The van der Waals surface area contributed by atoms with E-state index in [1.807, 2.05) is 91.0 Å². The highest BCUT2D eigenvalue weighted by molar-refractivity contribution is 7.99. The Kier molecular flexibility index (Phi) is 8.07. The van der Waals surface area contributed by atoms with Gasteiger partial charge in [0.1, 0.15) is 29.9 Å². The van der Waals surface area contributed by atoms with E-state index < -0.39 is 46.3 Å². The van der Waals surface area contributed by atoms with Crippen molar-refractivity contribution < 1.29 is 31.5 Å². The maximum Gasteiger partial charge on any atom is 0.264 e. The first-order valence-corrected chi connectivity index (χ1v) is 14.4. The van der Waals surface area contributed by atoms with Gasteiger partial charge in [-0.05, 0) is 17.7 Å². The van der Waals surface area contributed by atoms with E-state index in [0.717, 1.165) is 22.3 Å². The van der Waals surface area contributed by atoms with Crippen molar-refractivity contribution in [3.63, 3.8) is 0 Å². The number of thioether (sulfide) groups is 1. The normalized spacial score (nSPS) is 28.4. The summed E-state index contributed by atoms with van der Waals surface area (Å²) in [6.45, 7) is 0.536. The minimum Gasteiger partial charge on any atom is -0.368 e. The maximum absolute atomic E-state index is 12.4. The Morgan fingerprint density at radius 3 is 2.17 bits per heavy atom. The predicted octanol–water partition coefficient (Wildman–Crippen LogP) is 4.55. The minimum absolute atomic E-state index is 0.265. The van der Waals surface area contributed by atoms with Crippen LogP contribution in [0.3, 0.4) is 0 Å². The summed E-state index contributed by atoms with van der Waals surface area (Å²) >= 11 is 1.39. The van der Waals surface area contributed by atoms with Crippen LogP contribution in [0.5, 0.6) is 0 Å². The Labute approximate surface area is 215 Å². The van der Waals surface area contributed by atoms with Crippen LogP contribution in [0.2, 0.25) is 0 Å². The van der Waals surface area contributed by atoms with Crippen LogP contribution in [0.15, 0.2) is 95.9 Å². The lowest BCUT2D eigenvalue weighted by molar-refractivity contribution is -0.322. The number of ether oxygens (including phenoxy) is 4. The summed E-state index contributed by atoms with van der Waals surface area (Å²) in [4.78, 5) is 0.921. The molecular formula is C27H28O7S2. The Morgan fingerprint density at radius 1 is 0.861 bits per heavy atom. The van der Waals surface area contributed by atoms with Crippen LogP contribution in [0.1, 0.15) is 17.4 Å². The van der Waals surface area contributed by atoms with E-state index in [-0.39, 0.29) is 13.2 Å². The zero-order valence-corrected chi connectivity index (χ0v) is 21.3. The SMILES string of the molecule is CS(=O)(=O)O[C@@H]1[C@@H](OCc2ccccc2)[C@@H]2OC(c3ccccc3)OC[C@H]2O[C@H]1Sc1ccccc1. The van der Waals surface area contributed by atoms with Crippen LogP contribution in [0.25, 0.3) is 0 Å². The second kappa shape index (κ2) is 11.4. The molecule has 0 radical (unpaired) electrons. The number of fused-ring (bicyclic) bond motifs is 1. The van der Waals surface area contributed by atoms with E-state index in [1.54, 1.807) is 0 Å². The van der Waals surface area contributed by atoms with Crippen LogP contribution in [0.4, 0.5) is 0 Å². The fourth-order valence-corrected chi connectivity index (χ4v) is 6.13. The molecule has 190 valence electrons. The average molecular weight is 529 g/mol. The van der Waals surface area contributed by atoms with E-state index in [2.05, 4.69) is 0 Å². The average Bonchev–Trinajstić information content (AvgIpc) is 2.89. The summed E-state index contributed by atoms with van der Waals surface area (Å²) in [5.74, 6) is 0. The second-order valence-electron chi connectivity index (χ2n) is 8.68. The number of rotatable bonds is 8. The molecule has 6 atom stereocenters. The van der Waals surface area contributed by atoms with Crippen LogP contribution >= 0.6 is 11.8 Å². The van der Waals surface area contributed by atoms with Gasteiger partial charge in [-0.25, -0.2) is 0 Å². The Balaban J connectivity index is 1.46. The van der Waals surface area contributed by atoms with Crippen molar-refractivity contribution in [1.82, 2.24) is 0 Å². The molecule has 5 rings (SSSR count). The first kappa shape index (κ1) is 25.4. The third-order valence-electron chi connectivity index (χ3n) is 5.92. The van der Waals surface area contributed by atoms with Gasteiger partial charge in [-0.3, -0.25) is 4.18 Å². The van der Waals surface area contributed by atoms with Crippen LogP contribution in [-0.2, 0) is 39.9 Å². The summed E-state index contributed by atoms with van der Waals surface area (Å²) < 4.78 is 55.5. The highest BCUT2D eigenvalue weighted by Crippen LogP contribution is 2.41. The van der Waals surface area contributed by atoms with Gasteiger partial charge in [-0.15, -0.1) is 0 Å². The molecule has 3 aromatic carbocycles. The number of hydrogen-bond acceptors (Lipinski definition) is 8. The highest BCUT2D eigenvalue weighted by Gasteiger charge is 2.52. The van der Waals surface area contributed by atoms with Gasteiger partial charge >= 0.3 is 0 Å². The smallest absolute Gasteiger partial charge is 0.264 e. The first-order valence-electron chi connectivity index (χ1n) is 11.7. The molecule has 0 aliphatic carbocycles. The van der Waals surface area contributed by atoms with Crippen LogP contribution < -0.4 is 0 Å². The molecule has 1 unspecified atom stereocenters. The van der Waals surface area contributed by atoms with Gasteiger partial charge in [0, 0.05) is 10.5 Å². The van der Waals surface area contributed by atoms with Crippen LogP contribution in [-0.4, -0.2) is 51.1 Å². The summed E-state index contributed by atoms with van der Waals surface area (Å²) in [6, 6.07) is 28.9. The van der Waals surface area contributed by atoms with Gasteiger partial charge in [0.05, 0.1) is 19.5 Å². The predicted molar refractivity (Wildman–Crippen MR) is 136 cm³/mol. The molecule has 9 heteroatoms. The molecule has 2 fully saturated rings. The molecule has 0 N–H and O–H groups in total. The van der Waals surface area contributed by atoms with Crippen molar-refractivity contribution in [3.05, 3.63) is 102 Å². The lowest BCUT2D eigenvalue weighted by Crippen LogP contribution is -2.62. The Morgan fingerprint density at radius 2 is 1.50 bits per heavy atom. The quantitative estimate of drug-likeness (QED) is 0.394. The largest absolute Gasteiger partial charge is 0.368 e. The van der Waals surface area contributed by atoms with Crippen molar-refractivity contribution in [1.29, 1.82) is 0 Å². The monoisotopic (exact) mass is 528 g/mol.